The Labute approximate surface area is 46.8 Å². The summed E-state index contributed by atoms with van der Waals surface area (Å²) in [6.07, 6.45) is 3.27. The van der Waals surface area contributed by atoms with E-state index in [0.29, 0.717) is 0 Å². The fraction of sp³-hybridized carbons (Fsp3) is 0. The molecule has 6 heavy (non-hydrogen) atoms. The molecular formula is C4H3OPd. The fourth-order valence-corrected chi connectivity index (χ4v) is 0.451. The van der Waals surface area contributed by atoms with E-state index in [9.17, 15) is 0 Å². The Morgan fingerprint density at radius 3 is 2.67 bits per heavy atom. The molecule has 35 valence electrons. The Bertz CT molecular complexity index is 111. The molecule has 0 N–H and O–H groups in total. The van der Waals surface area contributed by atoms with Crippen LogP contribution in [0.4, 0.5) is 0 Å². The van der Waals surface area contributed by atoms with Crippen LogP contribution in [0.25, 0.3) is 0 Å². The van der Waals surface area contributed by atoms with E-state index in [1.807, 2.05) is 6.07 Å². The maximum atomic E-state index is 4.68. The molecule has 1 heterocycles. The van der Waals surface area contributed by atoms with Gasteiger partial charge in [-0.1, -0.05) is 0 Å². The molecule has 1 nitrogen and oxygen atoms in total. The summed E-state index contributed by atoms with van der Waals surface area (Å²) in [5, 5.41) is 0. The van der Waals surface area contributed by atoms with Crippen molar-refractivity contribution < 1.29 is 23.6 Å². The molecule has 1 rings (SSSR count). The predicted octanol–water partition coefficient (Wildman–Crippen LogP) is 0.452. The molecule has 2 heteroatoms. The SMILES string of the molecule is [Pd][c]1ccoc1. The summed E-state index contributed by atoms with van der Waals surface area (Å²) in [6, 6.07) is 1.85. The van der Waals surface area contributed by atoms with Gasteiger partial charge in [0, 0.05) is 0 Å². The fourth-order valence-electron chi connectivity index (χ4n) is 0.239. The van der Waals surface area contributed by atoms with Gasteiger partial charge in [-0.2, -0.15) is 0 Å². The average molecular weight is 173 g/mol. The van der Waals surface area contributed by atoms with Gasteiger partial charge in [-0.3, -0.25) is 0 Å². The number of rotatable bonds is 0. The van der Waals surface area contributed by atoms with Gasteiger partial charge in [0.1, 0.15) is 0 Å². The minimum atomic E-state index is 1.03. The molecule has 1 aromatic heterocycles. The van der Waals surface area contributed by atoms with E-state index in [0.717, 1.165) is 4.04 Å². The van der Waals surface area contributed by atoms with Gasteiger partial charge in [0.05, 0.1) is 0 Å². The zero-order valence-electron chi connectivity index (χ0n) is 2.96. The molecule has 0 unspecified atom stereocenters. The van der Waals surface area contributed by atoms with Crippen LogP contribution in [0.5, 0.6) is 0 Å². The minimum absolute atomic E-state index is 1.03. The van der Waals surface area contributed by atoms with Crippen molar-refractivity contribution in [1.82, 2.24) is 0 Å². The van der Waals surface area contributed by atoms with Crippen LogP contribution in [-0.2, 0) is 19.2 Å². The van der Waals surface area contributed by atoms with Gasteiger partial charge in [0.2, 0.25) is 0 Å². The second-order valence-electron chi connectivity index (χ2n) is 0.906. The van der Waals surface area contributed by atoms with Crippen LogP contribution in [-0.4, -0.2) is 0 Å². The molecule has 0 spiro atoms. The van der Waals surface area contributed by atoms with Crippen LogP contribution < -0.4 is 4.04 Å². The molecule has 0 aliphatic rings. The Balaban J connectivity index is 3.05. The van der Waals surface area contributed by atoms with E-state index >= 15 is 0 Å². The first-order valence-corrected chi connectivity index (χ1v) is 2.32. The summed E-state index contributed by atoms with van der Waals surface area (Å²) in [5.74, 6) is 0. The molecule has 0 fully saturated rings. The Morgan fingerprint density at radius 1 is 1.67 bits per heavy atom. The molecule has 0 aliphatic heterocycles. The predicted molar refractivity (Wildman–Crippen MR) is 18.3 cm³/mol. The standard InChI is InChI=1S/C4H3O.Pd/c1-2-4-5-3-1;/h1,3-4H;. The van der Waals surface area contributed by atoms with E-state index in [1.54, 1.807) is 12.5 Å². The molecular weight excluding hydrogens is 170 g/mol. The molecule has 0 aromatic carbocycles. The Kier molecular flexibility index (Phi) is 1.09. The number of hydrogen-bond acceptors (Lipinski definition) is 1. The summed E-state index contributed by atoms with van der Waals surface area (Å²) in [6.45, 7) is 0. The van der Waals surface area contributed by atoms with Crippen LogP contribution in [0.2, 0.25) is 0 Å². The van der Waals surface area contributed by atoms with E-state index in [2.05, 4.69) is 23.6 Å². The summed E-state index contributed by atoms with van der Waals surface area (Å²) in [5.41, 5.74) is 0. The van der Waals surface area contributed by atoms with E-state index < -0.39 is 0 Å². The Hall–Kier alpha value is -0.0577. The van der Waals surface area contributed by atoms with Crippen molar-refractivity contribution in [3.05, 3.63) is 18.6 Å². The maximum absolute atomic E-state index is 4.68. The van der Waals surface area contributed by atoms with E-state index in [1.165, 1.54) is 0 Å². The first kappa shape index (κ1) is 4.11. The third-order valence-corrected chi connectivity index (χ3v) is 0.911. The molecule has 1 aromatic rings. The van der Waals surface area contributed by atoms with Crippen LogP contribution in [0, 0.1) is 0 Å². The molecule has 0 aliphatic carbocycles. The normalized spacial score (nSPS) is 9.00. The zero-order valence-corrected chi connectivity index (χ0v) is 4.51. The van der Waals surface area contributed by atoms with Crippen LogP contribution >= 0.6 is 0 Å². The van der Waals surface area contributed by atoms with E-state index in [-0.39, 0.29) is 0 Å². The van der Waals surface area contributed by atoms with Crippen LogP contribution in [0.15, 0.2) is 23.0 Å². The molecule has 0 atom stereocenters. The second kappa shape index (κ2) is 1.59. The number of hydrogen-bond donors (Lipinski definition) is 0. The summed E-state index contributed by atoms with van der Waals surface area (Å²) in [4.78, 5) is 0. The molecule has 0 bridgehead atoms. The average Bonchev–Trinajstić information content (AvgIpc) is 1.86. The molecule has 0 saturated carbocycles. The molecule has 0 radical (unpaired) electrons. The zero-order chi connectivity index (χ0) is 4.41. The molecule has 0 saturated heterocycles. The summed E-state index contributed by atoms with van der Waals surface area (Å²) < 4.78 is 5.70. The second-order valence-corrected chi connectivity index (χ2v) is 1.80. The quantitative estimate of drug-likeness (QED) is 0.520. The first-order chi connectivity index (χ1) is 2.89. The topological polar surface area (TPSA) is 13.1 Å². The summed E-state index contributed by atoms with van der Waals surface area (Å²) in [7, 11) is 0. The van der Waals surface area contributed by atoms with Gasteiger partial charge in [-0.05, 0) is 0 Å². The monoisotopic (exact) mass is 173 g/mol. The van der Waals surface area contributed by atoms with Gasteiger partial charge >= 0.3 is 46.2 Å². The number of furan rings is 1. The van der Waals surface area contributed by atoms with Gasteiger partial charge in [-0.15, -0.1) is 0 Å². The first-order valence-electron chi connectivity index (χ1n) is 1.54. The third kappa shape index (κ3) is 0.708. The van der Waals surface area contributed by atoms with Crippen molar-refractivity contribution >= 4 is 4.04 Å². The van der Waals surface area contributed by atoms with Gasteiger partial charge in [0.15, 0.2) is 0 Å². The Morgan fingerprint density at radius 2 is 2.50 bits per heavy atom. The van der Waals surface area contributed by atoms with Gasteiger partial charge in [0.25, 0.3) is 0 Å². The van der Waals surface area contributed by atoms with Crippen molar-refractivity contribution in [3.63, 3.8) is 0 Å². The van der Waals surface area contributed by atoms with Crippen LogP contribution in [0.1, 0.15) is 0 Å². The van der Waals surface area contributed by atoms with E-state index in [4.69, 9.17) is 0 Å². The van der Waals surface area contributed by atoms with Crippen molar-refractivity contribution in [2.24, 2.45) is 0 Å². The third-order valence-electron chi connectivity index (χ3n) is 0.469. The van der Waals surface area contributed by atoms with Gasteiger partial charge < -0.3 is 0 Å². The van der Waals surface area contributed by atoms with Crippen molar-refractivity contribution in [2.75, 3.05) is 0 Å². The van der Waals surface area contributed by atoms with Crippen LogP contribution in [0.3, 0.4) is 0 Å². The van der Waals surface area contributed by atoms with Gasteiger partial charge in [-0.25, -0.2) is 0 Å². The van der Waals surface area contributed by atoms with Crippen molar-refractivity contribution in [3.8, 4) is 0 Å². The molecule has 0 amide bonds. The van der Waals surface area contributed by atoms with Crippen molar-refractivity contribution in [1.29, 1.82) is 0 Å². The van der Waals surface area contributed by atoms with Crippen molar-refractivity contribution in [2.45, 2.75) is 0 Å². The summed E-state index contributed by atoms with van der Waals surface area (Å²) >= 11 is 2.95.